The number of alkyl halides is 6. The fourth-order valence-corrected chi connectivity index (χ4v) is 3.14. The first-order valence-corrected chi connectivity index (χ1v) is 8.91. The smallest absolute Gasteiger partial charge is 0.356 e. The molecule has 2 heterocycles. The van der Waals surface area contributed by atoms with Gasteiger partial charge in [0.1, 0.15) is 0 Å². The molecule has 1 aliphatic rings. The molecule has 2 aromatic rings. The highest BCUT2D eigenvalue weighted by Gasteiger charge is 2.73. The van der Waals surface area contributed by atoms with Crippen molar-refractivity contribution >= 4 is 5.91 Å². The number of carbonyl (C=O) groups excluding carboxylic acids is 1. The summed E-state index contributed by atoms with van der Waals surface area (Å²) in [6.07, 6.45) is -7.92. The average Bonchev–Trinajstić information content (AvgIpc) is 3.21. The Bertz CT molecular complexity index is 835. The molecule has 164 valence electrons. The number of benzene rings is 1. The largest absolute Gasteiger partial charge is 0.427 e. The van der Waals surface area contributed by atoms with Gasteiger partial charge in [0.05, 0.1) is 12.8 Å². The van der Waals surface area contributed by atoms with E-state index in [1.165, 1.54) is 0 Å². The first kappa shape index (κ1) is 22.1. The number of H-pyrrole nitrogens is 1. The number of aromatic nitrogens is 2. The van der Waals surface area contributed by atoms with Gasteiger partial charge in [-0.15, -0.1) is 0 Å². The Morgan fingerprint density at radius 3 is 2.37 bits per heavy atom. The van der Waals surface area contributed by atoms with Gasteiger partial charge in [0.15, 0.2) is 0 Å². The maximum absolute atomic E-state index is 13.1. The highest BCUT2D eigenvalue weighted by atomic mass is 19.4. The highest BCUT2D eigenvalue weighted by Crippen LogP contribution is 2.47. The van der Waals surface area contributed by atoms with Gasteiger partial charge < -0.3 is 10.1 Å². The number of rotatable bonds is 5. The molecular weight excluding hydrogens is 418 g/mol. The van der Waals surface area contributed by atoms with E-state index in [-0.39, 0.29) is 19.6 Å². The minimum Gasteiger partial charge on any atom is -0.356 e. The Kier molecular flexibility index (Phi) is 6.09. The molecule has 30 heavy (non-hydrogen) atoms. The second-order valence-electron chi connectivity index (χ2n) is 6.77. The molecule has 0 radical (unpaired) electrons. The van der Waals surface area contributed by atoms with Crippen LogP contribution in [-0.4, -0.2) is 71.7 Å². The molecular formula is C18H18F6N4O2. The molecule has 0 saturated carbocycles. The number of hydrogen-bond acceptors (Lipinski definition) is 4. The van der Waals surface area contributed by atoms with Crippen molar-refractivity contribution in [2.45, 2.75) is 18.0 Å². The number of amides is 1. The lowest BCUT2D eigenvalue weighted by molar-refractivity contribution is -0.392. The van der Waals surface area contributed by atoms with Crippen LogP contribution in [0.3, 0.4) is 0 Å². The van der Waals surface area contributed by atoms with Gasteiger partial charge in [-0.1, -0.05) is 12.1 Å². The van der Waals surface area contributed by atoms with Gasteiger partial charge in [0, 0.05) is 43.5 Å². The maximum atomic E-state index is 13.1. The lowest BCUT2D eigenvalue weighted by atomic mass is 10.00. The third-order valence-electron chi connectivity index (χ3n) is 4.81. The molecule has 1 aliphatic heterocycles. The molecule has 1 amide bonds. The molecule has 0 spiro atoms. The first-order chi connectivity index (χ1) is 14.0. The van der Waals surface area contributed by atoms with Gasteiger partial charge in [0.2, 0.25) is 0 Å². The molecule has 2 N–H and O–H groups in total. The summed E-state index contributed by atoms with van der Waals surface area (Å²) in [6.45, 7) is -2.51. The second kappa shape index (κ2) is 8.26. The van der Waals surface area contributed by atoms with Crippen LogP contribution in [-0.2, 0) is 4.74 Å². The standard InChI is InChI=1S/C18H18F6N4O2/c19-17(20,21)16(18(22,23)24)11-28(7-8-30-16)6-5-25-15(29)13-3-1-12(2-4-13)14-9-26-27-10-14/h1-4,9-10H,5-8,11H2,(H,25,29)(H,26,27). The normalized spacial score (nSPS) is 17.7. The SMILES string of the molecule is O=C(NCCN1CCOC(C(F)(F)F)(C(F)(F)F)C1)c1ccc(-c2cn[nH]c2)cc1. The quantitative estimate of drug-likeness (QED) is 0.708. The van der Waals surface area contributed by atoms with Gasteiger partial charge in [0.25, 0.3) is 11.5 Å². The van der Waals surface area contributed by atoms with E-state index in [1.807, 2.05) is 0 Å². The Hall–Kier alpha value is -2.60. The van der Waals surface area contributed by atoms with E-state index in [4.69, 9.17) is 0 Å². The van der Waals surface area contributed by atoms with E-state index in [0.29, 0.717) is 5.56 Å². The average molecular weight is 436 g/mol. The predicted molar refractivity (Wildman–Crippen MR) is 93.6 cm³/mol. The van der Waals surface area contributed by atoms with Crippen molar-refractivity contribution in [3.8, 4) is 11.1 Å². The van der Waals surface area contributed by atoms with Gasteiger partial charge in [-0.05, 0) is 17.7 Å². The molecule has 1 aromatic heterocycles. The van der Waals surface area contributed by atoms with Crippen molar-refractivity contribution in [2.75, 3.05) is 32.8 Å². The number of morpholine rings is 1. The Morgan fingerprint density at radius 2 is 1.80 bits per heavy atom. The third kappa shape index (κ3) is 4.43. The second-order valence-corrected chi connectivity index (χ2v) is 6.77. The van der Waals surface area contributed by atoms with E-state index in [9.17, 15) is 31.1 Å². The number of nitrogens with zero attached hydrogens (tertiary/aromatic N) is 2. The van der Waals surface area contributed by atoms with Crippen molar-refractivity contribution in [2.24, 2.45) is 0 Å². The molecule has 0 atom stereocenters. The van der Waals surface area contributed by atoms with Crippen molar-refractivity contribution < 1.29 is 35.9 Å². The van der Waals surface area contributed by atoms with Crippen LogP contribution >= 0.6 is 0 Å². The van der Waals surface area contributed by atoms with Gasteiger partial charge in [-0.2, -0.15) is 31.4 Å². The Balaban J connectivity index is 1.56. The number of nitrogens with one attached hydrogen (secondary N) is 2. The van der Waals surface area contributed by atoms with Crippen LogP contribution in [0.25, 0.3) is 11.1 Å². The fraction of sp³-hybridized carbons (Fsp3) is 0.444. The van der Waals surface area contributed by atoms with Crippen LogP contribution in [0.1, 0.15) is 10.4 Å². The van der Waals surface area contributed by atoms with Crippen LogP contribution < -0.4 is 5.32 Å². The number of hydrogen-bond donors (Lipinski definition) is 2. The zero-order valence-corrected chi connectivity index (χ0v) is 15.5. The molecule has 0 aliphatic carbocycles. The fourth-order valence-electron chi connectivity index (χ4n) is 3.14. The maximum Gasteiger partial charge on any atom is 0.427 e. The lowest BCUT2D eigenvalue weighted by Crippen LogP contribution is -2.68. The molecule has 6 nitrogen and oxygen atoms in total. The van der Waals surface area contributed by atoms with Crippen LogP contribution in [0.4, 0.5) is 26.3 Å². The van der Waals surface area contributed by atoms with Crippen molar-refractivity contribution in [1.82, 2.24) is 20.4 Å². The summed E-state index contributed by atoms with van der Waals surface area (Å²) in [4.78, 5) is 13.2. The molecule has 0 bridgehead atoms. The van der Waals surface area contributed by atoms with Gasteiger partial charge in [-0.3, -0.25) is 14.8 Å². The summed E-state index contributed by atoms with van der Waals surface area (Å²) >= 11 is 0. The topological polar surface area (TPSA) is 70.2 Å². The van der Waals surface area contributed by atoms with Crippen LogP contribution in [0.5, 0.6) is 0 Å². The monoisotopic (exact) mass is 436 g/mol. The van der Waals surface area contributed by atoms with E-state index in [2.05, 4.69) is 20.3 Å². The zero-order valence-electron chi connectivity index (χ0n) is 15.5. The minimum absolute atomic E-state index is 0.108. The highest BCUT2D eigenvalue weighted by molar-refractivity contribution is 5.94. The molecule has 1 fully saturated rings. The number of aromatic amines is 1. The molecule has 0 unspecified atom stereocenters. The molecule has 3 rings (SSSR count). The minimum atomic E-state index is -5.61. The number of halogens is 6. The summed E-state index contributed by atoms with van der Waals surface area (Å²) in [5, 5.41) is 8.99. The van der Waals surface area contributed by atoms with Crippen LogP contribution in [0, 0.1) is 0 Å². The summed E-state index contributed by atoms with van der Waals surface area (Å²) in [5.41, 5.74) is -2.27. The summed E-state index contributed by atoms with van der Waals surface area (Å²) in [7, 11) is 0. The van der Waals surface area contributed by atoms with E-state index >= 15 is 0 Å². The van der Waals surface area contributed by atoms with Crippen LogP contribution in [0.15, 0.2) is 36.7 Å². The Morgan fingerprint density at radius 1 is 1.13 bits per heavy atom. The van der Waals surface area contributed by atoms with E-state index < -0.39 is 37.0 Å². The predicted octanol–water partition coefficient (Wildman–Crippen LogP) is 3.00. The Labute approximate surface area is 167 Å². The summed E-state index contributed by atoms with van der Waals surface area (Å²) in [6, 6.07) is 6.51. The lowest BCUT2D eigenvalue weighted by Gasteiger charge is -2.44. The van der Waals surface area contributed by atoms with Crippen LogP contribution in [0.2, 0.25) is 0 Å². The zero-order chi connectivity index (χ0) is 22.0. The van der Waals surface area contributed by atoms with Gasteiger partial charge >= 0.3 is 12.4 Å². The third-order valence-corrected chi connectivity index (χ3v) is 4.81. The number of ether oxygens (including phenoxy) is 1. The molecule has 1 saturated heterocycles. The van der Waals surface area contributed by atoms with Crippen molar-refractivity contribution in [3.63, 3.8) is 0 Å². The molecule has 1 aromatic carbocycles. The summed E-state index contributed by atoms with van der Waals surface area (Å²) < 4.78 is 82.9. The number of carbonyl (C=O) groups is 1. The first-order valence-electron chi connectivity index (χ1n) is 8.91. The van der Waals surface area contributed by atoms with Crippen molar-refractivity contribution in [1.29, 1.82) is 0 Å². The van der Waals surface area contributed by atoms with E-state index in [0.717, 1.165) is 16.0 Å². The van der Waals surface area contributed by atoms with Crippen molar-refractivity contribution in [3.05, 3.63) is 42.2 Å². The van der Waals surface area contributed by atoms with E-state index in [1.54, 1.807) is 36.7 Å². The summed E-state index contributed by atoms with van der Waals surface area (Å²) in [5.74, 6) is -0.486. The van der Waals surface area contributed by atoms with Gasteiger partial charge in [-0.25, -0.2) is 0 Å². The molecule has 12 heteroatoms.